The van der Waals surface area contributed by atoms with E-state index in [2.05, 4.69) is 4.90 Å². The molecule has 2 rings (SSSR count). The Bertz CT molecular complexity index is 170. The van der Waals surface area contributed by atoms with Gasteiger partial charge in [0, 0.05) is 25.1 Å². The van der Waals surface area contributed by atoms with Crippen LogP contribution in [0.5, 0.6) is 0 Å². The summed E-state index contributed by atoms with van der Waals surface area (Å²) in [5.41, 5.74) is 0. The number of hydrogen-bond acceptors (Lipinski definition) is 3. The van der Waals surface area contributed by atoms with Gasteiger partial charge in [0.05, 0.1) is 6.10 Å². The van der Waals surface area contributed by atoms with Crippen molar-refractivity contribution in [2.75, 3.05) is 19.7 Å². The largest absolute Gasteiger partial charge is 0.396 e. The molecule has 2 aliphatic rings. The summed E-state index contributed by atoms with van der Waals surface area (Å²) >= 11 is 0. The van der Waals surface area contributed by atoms with Crippen molar-refractivity contribution in [3.8, 4) is 0 Å². The quantitative estimate of drug-likeness (QED) is 0.646. The highest BCUT2D eigenvalue weighted by Crippen LogP contribution is 2.30. The zero-order chi connectivity index (χ0) is 9.26. The van der Waals surface area contributed by atoms with Crippen LogP contribution >= 0.6 is 0 Å². The molecule has 0 radical (unpaired) electrons. The van der Waals surface area contributed by atoms with Crippen molar-refractivity contribution in [3.63, 3.8) is 0 Å². The fourth-order valence-electron chi connectivity index (χ4n) is 2.19. The molecule has 1 saturated heterocycles. The smallest absolute Gasteiger partial charge is 0.0603 e. The van der Waals surface area contributed by atoms with Crippen molar-refractivity contribution in [2.45, 2.75) is 37.8 Å². The van der Waals surface area contributed by atoms with Crippen LogP contribution < -0.4 is 0 Å². The summed E-state index contributed by atoms with van der Waals surface area (Å²) in [6.07, 6.45) is 4.17. The molecular weight excluding hydrogens is 166 g/mol. The van der Waals surface area contributed by atoms with E-state index in [9.17, 15) is 5.11 Å². The molecule has 2 atom stereocenters. The zero-order valence-corrected chi connectivity index (χ0v) is 8.02. The number of nitrogens with zero attached hydrogens (tertiary/aromatic N) is 1. The van der Waals surface area contributed by atoms with Crippen LogP contribution in [0.2, 0.25) is 0 Å². The molecule has 0 spiro atoms. The first kappa shape index (κ1) is 9.44. The van der Waals surface area contributed by atoms with E-state index in [0.29, 0.717) is 0 Å². The molecule has 76 valence electrons. The Morgan fingerprint density at radius 1 is 1.08 bits per heavy atom. The number of aliphatic hydroxyl groups is 2. The highest BCUT2D eigenvalue weighted by molar-refractivity contribution is 4.87. The minimum atomic E-state index is -0.284. The molecule has 0 bridgehead atoms. The summed E-state index contributed by atoms with van der Waals surface area (Å²) in [5.74, 6) is 0.115. The van der Waals surface area contributed by atoms with Gasteiger partial charge in [-0.25, -0.2) is 0 Å². The summed E-state index contributed by atoms with van der Waals surface area (Å²) in [6, 6.07) is 0.796. The van der Waals surface area contributed by atoms with Gasteiger partial charge in [-0.15, -0.1) is 0 Å². The Balaban J connectivity index is 1.87. The van der Waals surface area contributed by atoms with E-state index in [1.165, 1.54) is 12.8 Å². The molecule has 13 heavy (non-hydrogen) atoms. The van der Waals surface area contributed by atoms with Gasteiger partial charge in [0.1, 0.15) is 0 Å². The molecule has 2 fully saturated rings. The molecule has 1 aliphatic carbocycles. The third-order valence-corrected chi connectivity index (χ3v) is 3.34. The first-order valence-electron chi connectivity index (χ1n) is 5.34. The lowest BCUT2D eigenvalue weighted by molar-refractivity contribution is 0.0653. The van der Waals surface area contributed by atoms with E-state index in [0.717, 1.165) is 32.0 Å². The lowest BCUT2D eigenvalue weighted by Crippen LogP contribution is -2.27. The number of likely N-dealkylation sites (tertiary alicyclic amines) is 1. The Kier molecular flexibility index (Phi) is 2.86. The van der Waals surface area contributed by atoms with Crippen LogP contribution in [0.25, 0.3) is 0 Å². The van der Waals surface area contributed by atoms with Crippen LogP contribution in [0.1, 0.15) is 25.7 Å². The summed E-state index contributed by atoms with van der Waals surface area (Å²) in [5, 5.41) is 18.7. The van der Waals surface area contributed by atoms with Crippen molar-refractivity contribution in [3.05, 3.63) is 0 Å². The average Bonchev–Trinajstić information content (AvgIpc) is 2.91. The first-order chi connectivity index (χ1) is 6.31. The van der Waals surface area contributed by atoms with Crippen LogP contribution in [0.4, 0.5) is 0 Å². The van der Waals surface area contributed by atoms with Gasteiger partial charge in [-0.05, 0) is 32.2 Å². The second kappa shape index (κ2) is 3.95. The van der Waals surface area contributed by atoms with Crippen LogP contribution in [0, 0.1) is 5.92 Å². The maximum atomic E-state index is 9.68. The lowest BCUT2D eigenvalue weighted by Gasteiger charge is -2.18. The molecule has 0 aromatic rings. The van der Waals surface area contributed by atoms with Gasteiger partial charge >= 0.3 is 0 Å². The molecule has 1 saturated carbocycles. The monoisotopic (exact) mass is 185 g/mol. The third-order valence-electron chi connectivity index (χ3n) is 3.34. The van der Waals surface area contributed by atoms with Crippen molar-refractivity contribution in [1.29, 1.82) is 0 Å². The second-order valence-electron chi connectivity index (χ2n) is 4.35. The second-order valence-corrected chi connectivity index (χ2v) is 4.35. The standard InChI is InChI=1S/C10H19NO2/c12-7-8-3-5-11(9-1-2-9)6-4-10(8)13/h8-10,12-13H,1-7H2. The Morgan fingerprint density at radius 3 is 2.38 bits per heavy atom. The van der Waals surface area contributed by atoms with Gasteiger partial charge in [-0.2, -0.15) is 0 Å². The topological polar surface area (TPSA) is 43.7 Å². The van der Waals surface area contributed by atoms with Gasteiger partial charge in [-0.1, -0.05) is 0 Å². The van der Waals surface area contributed by atoms with E-state index in [1.807, 2.05) is 0 Å². The number of rotatable bonds is 2. The first-order valence-corrected chi connectivity index (χ1v) is 5.34. The van der Waals surface area contributed by atoms with Crippen LogP contribution in [0.15, 0.2) is 0 Å². The van der Waals surface area contributed by atoms with E-state index < -0.39 is 0 Å². The maximum absolute atomic E-state index is 9.68. The van der Waals surface area contributed by atoms with Gasteiger partial charge in [0.25, 0.3) is 0 Å². The average molecular weight is 185 g/mol. The minimum Gasteiger partial charge on any atom is -0.396 e. The lowest BCUT2D eigenvalue weighted by atomic mass is 9.99. The van der Waals surface area contributed by atoms with Crippen LogP contribution in [-0.4, -0.2) is 47.0 Å². The normalized spacial score (nSPS) is 37.4. The fourth-order valence-corrected chi connectivity index (χ4v) is 2.19. The molecule has 2 unspecified atom stereocenters. The highest BCUT2D eigenvalue weighted by Gasteiger charge is 2.32. The van der Waals surface area contributed by atoms with Gasteiger partial charge in [0.2, 0.25) is 0 Å². The third kappa shape index (κ3) is 2.22. The molecular formula is C10H19NO2. The summed E-state index contributed by atoms with van der Waals surface area (Å²) in [4.78, 5) is 2.47. The van der Waals surface area contributed by atoms with Crippen molar-refractivity contribution < 1.29 is 10.2 Å². The van der Waals surface area contributed by atoms with E-state index in [-0.39, 0.29) is 18.6 Å². The molecule has 2 N–H and O–H groups in total. The molecule has 3 nitrogen and oxygen atoms in total. The molecule has 0 aromatic carbocycles. The Hall–Kier alpha value is -0.120. The van der Waals surface area contributed by atoms with Crippen LogP contribution in [0.3, 0.4) is 0 Å². The summed E-state index contributed by atoms with van der Waals surface area (Å²) in [6.45, 7) is 2.22. The van der Waals surface area contributed by atoms with Crippen LogP contribution in [-0.2, 0) is 0 Å². The number of aliphatic hydroxyl groups excluding tert-OH is 2. The van der Waals surface area contributed by atoms with Crippen molar-refractivity contribution in [2.24, 2.45) is 5.92 Å². The molecule has 0 amide bonds. The van der Waals surface area contributed by atoms with Crippen molar-refractivity contribution >= 4 is 0 Å². The van der Waals surface area contributed by atoms with Gasteiger partial charge in [0.15, 0.2) is 0 Å². The SMILES string of the molecule is OCC1CCN(C2CC2)CCC1O. The summed E-state index contributed by atoms with van der Waals surface area (Å²) in [7, 11) is 0. The Morgan fingerprint density at radius 2 is 1.77 bits per heavy atom. The van der Waals surface area contributed by atoms with Gasteiger partial charge in [-0.3, -0.25) is 0 Å². The highest BCUT2D eigenvalue weighted by atomic mass is 16.3. The summed E-state index contributed by atoms with van der Waals surface area (Å²) < 4.78 is 0. The Labute approximate surface area is 79.4 Å². The zero-order valence-electron chi connectivity index (χ0n) is 8.02. The molecule has 1 aliphatic heterocycles. The van der Waals surface area contributed by atoms with Gasteiger partial charge < -0.3 is 15.1 Å². The van der Waals surface area contributed by atoms with E-state index in [4.69, 9.17) is 5.11 Å². The van der Waals surface area contributed by atoms with E-state index in [1.54, 1.807) is 0 Å². The predicted molar refractivity (Wildman–Crippen MR) is 50.4 cm³/mol. The number of hydrogen-bond donors (Lipinski definition) is 2. The minimum absolute atomic E-state index is 0.115. The van der Waals surface area contributed by atoms with Crippen molar-refractivity contribution in [1.82, 2.24) is 4.90 Å². The fraction of sp³-hybridized carbons (Fsp3) is 1.00. The maximum Gasteiger partial charge on any atom is 0.0603 e. The van der Waals surface area contributed by atoms with E-state index >= 15 is 0 Å². The molecule has 1 heterocycles. The molecule has 0 aromatic heterocycles. The predicted octanol–water partition coefficient (Wildman–Crippen LogP) is 0.214. The molecule has 3 heteroatoms.